The second-order valence-electron chi connectivity index (χ2n) is 7.54. The predicted molar refractivity (Wildman–Crippen MR) is 113 cm³/mol. The number of ether oxygens (including phenoxy) is 1. The molecule has 3 rings (SSSR count). The molecular formula is C22H28N2O4S. The van der Waals surface area contributed by atoms with Crippen molar-refractivity contribution in [3.8, 4) is 5.75 Å². The molecule has 2 aromatic carbocycles. The molecule has 0 radical (unpaired) electrons. The minimum absolute atomic E-state index is 0.171. The summed E-state index contributed by atoms with van der Waals surface area (Å²) in [6, 6.07) is 12.3. The van der Waals surface area contributed by atoms with E-state index in [1.54, 1.807) is 30.1 Å². The topological polar surface area (TPSA) is 66.9 Å². The Morgan fingerprint density at radius 1 is 1.07 bits per heavy atom. The summed E-state index contributed by atoms with van der Waals surface area (Å²) in [5.74, 6) is 0.551. The van der Waals surface area contributed by atoms with Gasteiger partial charge in [-0.15, -0.1) is 0 Å². The number of rotatable bonds is 7. The van der Waals surface area contributed by atoms with Crippen LogP contribution in [0.4, 0.5) is 0 Å². The van der Waals surface area contributed by atoms with E-state index in [2.05, 4.69) is 6.07 Å². The lowest BCUT2D eigenvalue weighted by atomic mass is 10.1. The van der Waals surface area contributed by atoms with Crippen molar-refractivity contribution in [1.29, 1.82) is 0 Å². The summed E-state index contributed by atoms with van der Waals surface area (Å²) in [7, 11) is -1.85. The van der Waals surface area contributed by atoms with E-state index in [0.717, 1.165) is 29.7 Å². The zero-order valence-corrected chi connectivity index (χ0v) is 18.0. The Hall–Kier alpha value is -2.38. The molecule has 1 saturated heterocycles. The van der Waals surface area contributed by atoms with Gasteiger partial charge in [0, 0.05) is 25.7 Å². The van der Waals surface area contributed by atoms with E-state index in [-0.39, 0.29) is 10.8 Å². The third kappa shape index (κ3) is 5.16. The zero-order valence-electron chi connectivity index (χ0n) is 17.2. The predicted octanol–water partition coefficient (Wildman–Crippen LogP) is 3.24. The van der Waals surface area contributed by atoms with Crippen LogP contribution >= 0.6 is 0 Å². The summed E-state index contributed by atoms with van der Waals surface area (Å²) >= 11 is 0. The van der Waals surface area contributed by atoms with Crippen molar-refractivity contribution in [2.75, 3.05) is 33.3 Å². The van der Waals surface area contributed by atoms with Crippen molar-refractivity contribution < 1.29 is 17.9 Å². The molecule has 2 aromatic rings. The van der Waals surface area contributed by atoms with Crippen molar-refractivity contribution in [1.82, 2.24) is 9.21 Å². The molecule has 1 aliphatic heterocycles. The highest BCUT2D eigenvalue weighted by molar-refractivity contribution is 7.89. The van der Waals surface area contributed by atoms with E-state index in [0.29, 0.717) is 31.8 Å². The molecule has 0 spiro atoms. The van der Waals surface area contributed by atoms with Crippen molar-refractivity contribution in [3.63, 3.8) is 0 Å². The van der Waals surface area contributed by atoms with Crippen molar-refractivity contribution in [2.24, 2.45) is 0 Å². The van der Waals surface area contributed by atoms with E-state index >= 15 is 0 Å². The molecule has 0 unspecified atom stereocenters. The molecule has 0 aromatic heterocycles. The Morgan fingerprint density at radius 3 is 2.38 bits per heavy atom. The summed E-state index contributed by atoms with van der Waals surface area (Å²) in [5, 5.41) is 0. The largest absolute Gasteiger partial charge is 0.492 e. The number of hydrogen-bond acceptors (Lipinski definition) is 4. The van der Waals surface area contributed by atoms with Gasteiger partial charge in [0.15, 0.2) is 0 Å². The fourth-order valence-electron chi connectivity index (χ4n) is 3.51. The van der Waals surface area contributed by atoms with Gasteiger partial charge < -0.3 is 9.64 Å². The maximum atomic E-state index is 12.8. The normalized spacial score (nSPS) is 14.7. The standard InChI is InChI=1S/C22H28N2O4S/c1-17-13-18(2)15-20(14-17)28-12-11-23(3)22(25)19-7-6-8-21(16-19)29(26,27)24-9-4-5-10-24/h6-8,13-16H,4-5,9-12H2,1-3H3. The highest BCUT2D eigenvalue weighted by atomic mass is 32.2. The van der Waals surface area contributed by atoms with Gasteiger partial charge in [-0.1, -0.05) is 12.1 Å². The monoisotopic (exact) mass is 416 g/mol. The number of nitrogens with zero attached hydrogens (tertiary/aromatic N) is 2. The van der Waals surface area contributed by atoms with Crippen LogP contribution in [0.5, 0.6) is 5.75 Å². The molecule has 1 heterocycles. The Morgan fingerprint density at radius 2 is 1.72 bits per heavy atom. The minimum atomic E-state index is -3.54. The van der Waals surface area contributed by atoms with Crippen LogP contribution in [0.25, 0.3) is 0 Å². The van der Waals surface area contributed by atoms with Gasteiger partial charge in [-0.05, 0) is 68.1 Å². The number of carbonyl (C=O) groups is 1. The average molecular weight is 417 g/mol. The van der Waals surface area contributed by atoms with E-state index in [1.165, 1.54) is 10.4 Å². The fourth-order valence-corrected chi connectivity index (χ4v) is 5.07. The lowest BCUT2D eigenvalue weighted by Gasteiger charge is -2.19. The summed E-state index contributed by atoms with van der Waals surface area (Å²) in [5.41, 5.74) is 2.61. The third-order valence-corrected chi connectivity index (χ3v) is 6.92. The first-order chi connectivity index (χ1) is 13.8. The van der Waals surface area contributed by atoms with Gasteiger partial charge in [-0.2, -0.15) is 4.31 Å². The zero-order chi connectivity index (χ0) is 21.0. The first-order valence-corrected chi connectivity index (χ1v) is 11.3. The van der Waals surface area contributed by atoms with Crippen molar-refractivity contribution >= 4 is 15.9 Å². The van der Waals surface area contributed by atoms with Gasteiger partial charge in [0.25, 0.3) is 5.91 Å². The van der Waals surface area contributed by atoms with Crippen LogP contribution < -0.4 is 4.74 Å². The maximum absolute atomic E-state index is 12.8. The number of amides is 1. The molecule has 6 nitrogen and oxygen atoms in total. The van der Waals surface area contributed by atoms with Gasteiger partial charge in [-0.25, -0.2) is 8.42 Å². The van der Waals surface area contributed by atoms with E-state index in [1.807, 2.05) is 26.0 Å². The first kappa shape index (κ1) is 21.3. The number of likely N-dealkylation sites (N-methyl/N-ethyl adjacent to an activating group) is 1. The Kier molecular flexibility index (Phi) is 6.59. The van der Waals surface area contributed by atoms with Gasteiger partial charge in [0.05, 0.1) is 11.4 Å². The lowest BCUT2D eigenvalue weighted by Crippen LogP contribution is -2.31. The molecule has 29 heavy (non-hydrogen) atoms. The van der Waals surface area contributed by atoms with Crippen molar-refractivity contribution in [2.45, 2.75) is 31.6 Å². The molecule has 1 fully saturated rings. The minimum Gasteiger partial charge on any atom is -0.492 e. The first-order valence-electron chi connectivity index (χ1n) is 9.84. The maximum Gasteiger partial charge on any atom is 0.253 e. The quantitative estimate of drug-likeness (QED) is 0.695. The molecule has 0 atom stereocenters. The van der Waals surface area contributed by atoms with Gasteiger partial charge in [0.2, 0.25) is 10.0 Å². The summed E-state index contributed by atoms with van der Waals surface area (Å²) in [6.45, 7) is 5.86. The van der Waals surface area contributed by atoms with Crippen molar-refractivity contribution in [3.05, 3.63) is 59.2 Å². The van der Waals surface area contributed by atoms with Gasteiger partial charge >= 0.3 is 0 Å². The second-order valence-corrected chi connectivity index (χ2v) is 9.48. The fraction of sp³-hybridized carbons (Fsp3) is 0.409. The smallest absolute Gasteiger partial charge is 0.253 e. The molecule has 7 heteroatoms. The molecule has 0 saturated carbocycles. The number of carbonyl (C=O) groups excluding carboxylic acids is 1. The van der Waals surface area contributed by atoms with Crippen LogP contribution in [-0.2, 0) is 10.0 Å². The summed E-state index contributed by atoms with van der Waals surface area (Å²) < 4.78 is 32.7. The van der Waals surface area contributed by atoms with Crippen LogP contribution in [0, 0.1) is 13.8 Å². The molecule has 1 amide bonds. The number of aryl methyl sites for hydroxylation is 2. The molecule has 1 aliphatic rings. The highest BCUT2D eigenvalue weighted by Crippen LogP contribution is 2.22. The Balaban J connectivity index is 1.63. The van der Waals surface area contributed by atoms with E-state index in [9.17, 15) is 13.2 Å². The van der Waals surface area contributed by atoms with E-state index in [4.69, 9.17) is 4.74 Å². The third-order valence-electron chi connectivity index (χ3n) is 5.02. The van der Waals surface area contributed by atoms with Crippen LogP contribution in [0.2, 0.25) is 0 Å². The Labute approximate surface area is 173 Å². The summed E-state index contributed by atoms with van der Waals surface area (Å²) in [6.07, 6.45) is 1.75. The number of sulfonamides is 1. The summed E-state index contributed by atoms with van der Waals surface area (Å²) in [4.78, 5) is 14.5. The number of benzene rings is 2. The molecule has 0 bridgehead atoms. The molecular weight excluding hydrogens is 388 g/mol. The van der Waals surface area contributed by atoms with Gasteiger partial charge in [0.1, 0.15) is 12.4 Å². The molecule has 0 N–H and O–H groups in total. The lowest BCUT2D eigenvalue weighted by molar-refractivity contribution is 0.0773. The molecule has 156 valence electrons. The Bertz CT molecular complexity index is 962. The SMILES string of the molecule is Cc1cc(C)cc(OCCN(C)C(=O)c2cccc(S(=O)(=O)N3CCCC3)c2)c1. The van der Waals surface area contributed by atoms with Crippen LogP contribution in [0.3, 0.4) is 0 Å². The van der Waals surface area contributed by atoms with Crippen LogP contribution in [0.15, 0.2) is 47.4 Å². The van der Waals surface area contributed by atoms with Gasteiger partial charge in [-0.3, -0.25) is 4.79 Å². The molecule has 0 aliphatic carbocycles. The average Bonchev–Trinajstić information content (AvgIpc) is 3.22. The van der Waals surface area contributed by atoms with Crippen LogP contribution in [-0.4, -0.2) is 56.8 Å². The second kappa shape index (κ2) is 8.97. The number of hydrogen-bond donors (Lipinski definition) is 0. The highest BCUT2D eigenvalue weighted by Gasteiger charge is 2.27. The van der Waals surface area contributed by atoms with Crippen LogP contribution in [0.1, 0.15) is 34.3 Å². The van der Waals surface area contributed by atoms with E-state index < -0.39 is 10.0 Å².